The van der Waals surface area contributed by atoms with Gasteiger partial charge in [0.2, 0.25) is 18.1 Å². The van der Waals surface area contributed by atoms with Crippen LogP contribution < -0.4 is 20.9 Å². The van der Waals surface area contributed by atoms with E-state index in [9.17, 15) is 43.5 Å². The van der Waals surface area contributed by atoms with Crippen molar-refractivity contribution in [1.29, 1.82) is 0 Å². The Labute approximate surface area is 428 Å². The Morgan fingerprint density at radius 1 is 1.05 bits per heavy atom. The van der Waals surface area contributed by atoms with E-state index in [1.165, 1.54) is 35.9 Å². The zero-order valence-corrected chi connectivity index (χ0v) is 41.8. The van der Waals surface area contributed by atoms with Crippen molar-refractivity contribution < 1.29 is 81.0 Å². The molecule has 3 aliphatic heterocycles. The monoisotopic (exact) mass is 1040 g/mol. The van der Waals surface area contributed by atoms with Crippen LogP contribution in [0.2, 0.25) is 0 Å². The molecule has 396 valence electrons. The van der Waals surface area contributed by atoms with E-state index in [4.69, 9.17) is 49.3 Å². The van der Waals surface area contributed by atoms with Gasteiger partial charge in [0.15, 0.2) is 17.8 Å². The first-order chi connectivity index (χ1) is 35.8. The van der Waals surface area contributed by atoms with E-state index in [-0.39, 0.29) is 80.3 Å². The zero-order valence-electron chi connectivity index (χ0n) is 41.8. The number of nitrogens with one attached hydrogen (secondary N) is 2. The first-order valence-electron chi connectivity index (χ1n) is 23.9. The van der Waals surface area contributed by atoms with Crippen molar-refractivity contribution in [3.63, 3.8) is 0 Å². The maximum Gasteiger partial charge on any atom is 0.407 e. The molecular weight excluding hydrogens is 986 g/mol. The van der Waals surface area contributed by atoms with Crippen LogP contribution in [-0.4, -0.2) is 120 Å². The highest BCUT2D eigenvalue weighted by molar-refractivity contribution is 5.96. The molecule has 6 atom stereocenters. The largest absolute Gasteiger partial charge is 0.467 e. The zero-order chi connectivity index (χ0) is 54.0. The van der Waals surface area contributed by atoms with Crippen molar-refractivity contribution >= 4 is 58.4 Å². The number of ether oxygens (including phenoxy) is 8. The van der Waals surface area contributed by atoms with E-state index in [2.05, 4.69) is 16.6 Å². The van der Waals surface area contributed by atoms with Crippen molar-refractivity contribution in [3.05, 3.63) is 85.4 Å². The van der Waals surface area contributed by atoms with Crippen molar-refractivity contribution in [1.82, 2.24) is 19.8 Å². The van der Waals surface area contributed by atoms with Crippen molar-refractivity contribution in [2.75, 3.05) is 39.2 Å². The number of benzene rings is 2. The van der Waals surface area contributed by atoms with E-state index in [1.54, 1.807) is 19.9 Å². The van der Waals surface area contributed by atoms with Crippen LogP contribution in [0.25, 0.3) is 22.3 Å². The lowest BCUT2D eigenvalue weighted by molar-refractivity contribution is -0.248. The van der Waals surface area contributed by atoms with Crippen LogP contribution in [0.4, 0.5) is 14.9 Å². The molecule has 4 aliphatic rings. The van der Waals surface area contributed by atoms with E-state index in [0.717, 1.165) is 25.9 Å². The normalized spacial score (nSPS) is 21.0. The summed E-state index contributed by atoms with van der Waals surface area (Å²) in [5.74, 6) is -2.73. The summed E-state index contributed by atoms with van der Waals surface area (Å²) in [6.45, 7) is 4.34. The minimum absolute atomic E-state index is 0.00235. The van der Waals surface area contributed by atoms with E-state index in [0.29, 0.717) is 57.4 Å². The number of carbonyl (C=O) groups excluding carboxylic acids is 7. The van der Waals surface area contributed by atoms with Crippen LogP contribution in [0.1, 0.15) is 91.4 Å². The van der Waals surface area contributed by atoms with Gasteiger partial charge in [-0.2, -0.15) is 0 Å². The van der Waals surface area contributed by atoms with Gasteiger partial charge in [0.25, 0.3) is 5.56 Å². The average molecular weight is 1040 g/mol. The number of aliphatic hydroxyl groups is 1. The number of aryl methyl sites for hydroxylation is 1. The number of likely N-dealkylation sites (N-methyl/N-ethyl adjacent to an activating group) is 1. The Kier molecular flexibility index (Phi) is 15.6. The average Bonchev–Trinajstić information content (AvgIpc) is 3.74. The number of alkyl carbamates (subject to hydrolysis) is 1. The molecule has 23 heteroatoms. The Balaban J connectivity index is 1.07. The molecule has 22 nitrogen and oxygen atoms in total. The molecule has 1 saturated heterocycles. The topological polar surface area (TPSA) is 276 Å². The third-order valence-electron chi connectivity index (χ3n) is 13.5. The molecule has 2 aromatic heterocycles. The number of fused-ring (bicyclic) bond motifs is 5. The maximum absolute atomic E-state index is 15.5. The fraction of sp³-hybridized carbons (Fsp3) is 0.442. The summed E-state index contributed by atoms with van der Waals surface area (Å²) >= 11 is 0. The minimum Gasteiger partial charge on any atom is -0.467 e. The van der Waals surface area contributed by atoms with Crippen LogP contribution in [0.3, 0.4) is 0 Å². The summed E-state index contributed by atoms with van der Waals surface area (Å²) < 4.78 is 61.0. The van der Waals surface area contributed by atoms with E-state index >= 15 is 4.39 Å². The number of anilines is 1. The highest BCUT2D eigenvalue weighted by Crippen LogP contribution is 2.46. The molecule has 1 fully saturated rings. The Hall–Kier alpha value is -7.94. The van der Waals surface area contributed by atoms with Gasteiger partial charge >= 0.3 is 30.0 Å². The quantitative estimate of drug-likeness (QED) is 0.0553. The molecule has 1 aliphatic carbocycles. The van der Waals surface area contributed by atoms with Crippen LogP contribution in [0.5, 0.6) is 5.75 Å². The van der Waals surface area contributed by atoms with Crippen molar-refractivity contribution in [3.8, 4) is 29.5 Å². The molecule has 3 N–H and O–H groups in total. The Morgan fingerprint density at radius 3 is 2.51 bits per heavy atom. The molecule has 5 heterocycles. The number of cyclic esters (lactones) is 1. The van der Waals surface area contributed by atoms with Gasteiger partial charge in [0.1, 0.15) is 37.5 Å². The number of pyridine rings is 2. The molecule has 0 spiro atoms. The van der Waals surface area contributed by atoms with Crippen LogP contribution in [0.15, 0.2) is 35.1 Å². The fourth-order valence-corrected chi connectivity index (χ4v) is 9.85. The molecule has 0 saturated carbocycles. The predicted molar refractivity (Wildman–Crippen MR) is 258 cm³/mol. The van der Waals surface area contributed by atoms with Crippen molar-refractivity contribution in [2.24, 2.45) is 0 Å². The molecule has 2 unspecified atom stereocenters. The van der Waals surface area contributed by atoms with E-state index in [1.807, 2.05) is 0 Å². The molecule has 0 radical (unpaired) electrons. The molecule has 75 heavy (non-hydrogen) atoms. The Morgan fingerprint density at radius 2 is 1.80 bits per heavy atom. The summed E-state index contributed by atoms with van der Waals surface area (Å²) in [5.41, 5.74) is 1.07. The molecular formula is C52H54FN5O17. The second kappa shape index (κ2) is 21.9. The van der Waals surface area contributed by atoms with Gasteiger partial charge in [-0.15, -0.1) is 6.42 Å². The Bertz CT molecular complexity index is 3130. The van der Waals surface area contributed by atoms with Gasteiger partial charge in [0, 0.05) is 49.9 Å². The number of hydrogen-bond acceptors (Lipinski definition) is 18. The number of methoxy groups -OCH3 is 1. The van der Waals surface area contributed by atoms with Gasteiger partial charge in [-0.05, 0) is 66.6 Å². The number of carbonyl (C=O) groups is 7. The second-order valence-electron chi connectivity index (χ2n) is 18.4. The summed E-state index contributed by atoms with van der Waals surface area (Å²) in [4.78, 5) is 110. The van der Waals surface area contributed by atoms with E-state index < -0.39 is 96.0 Å². The smallest absolute Gasteiger partial charge is 0.407 e. The summed E-state index contributed by atoms with van der Waals surface area (Å²) in [5, 5.41) is 17.7. The SMILES string of the molecule is C#CCOCCC(=O)N(C)CC(=O)Nc1cc(COC(=O)N[C@@H]2CCc3c(C)c(F)cc4nc5c(c2c34)Cn2c-5cc3c(c2=O)COC(=O)[C@@]3(O)CC)ccc1O[C@@H]1OC(C(=O)OC)[C@H](OC(C)=O)CC1OC(C)=O. The molecule has 2 aromatic carbocycles. The van der Waals surface area contributed by atoms with Gasteiger partial charge in [-0.1, -0.05) is 18.9 Å². The number of halogens is 1. The lowest BCUT2D eigenvalue weighted by Gasteiger charge is -2.38. The van der Waals surface area contributed by atoms with Crippen LogP contribution in [-0.2, 0) is 93.7 Å². The summed E-state index contributed by atoms with van der Waals surface area (Å²) in [6.07, 6.45) is -0.989. The van der Waals surface area contributed by atoms with Crippen LogP contribution in [0, 0.1) is 25.1 Å². The van der Waals surface area contributed by atoms with Gasteiger partial charge in [0.05, 0.1) is 67.4 Å². The first kappa shape index (κ1) is 53.4. The molecule has 0 bridgehead atoms. The number of esters is 4. The first-order valence-corrected chi connectivity index (χ1v) is 23.9. The third-order valence-corrected chi connectivity index (χ3v) is 13.5. The molecule has 4 aromatic rings. The number of rotatable bonds is 16. The van der Waals surface area contributed by atoms with Crippen LogP contribution >= 0.6 is 0 Å². The van der Waals surface area contributed by atoms with Gasteiger partial charge in [-0.25, -0.2) is 23.8 Å². The fourth-order valence-electron chi connectivity index (χ4n) is 9.85. The van der Waals surface area contributed by atoms with Gasteiger partial charge < -0.3 is 63.1 Å². The minimum atomic E-state index is -2.08. The number of aromatic nitrogens is 2. The standard InChI is InChI=1S/C52H54FN5O17/c1-8-15-69-16-14-42(62)57(6)22-41(61)54-35-17-28(10-13-38(35)74-49-40(73-27(5)60)20-39(72-26(4)59)46(75-49)48(64)68-7)23-71-51(66)56-34-12-11-29-25(3)33(53)19-36-43(29)44(34)30-21-58-37(45(30)55-36)18-32-31(47(58)63)24-70-50(65)52(32,67)9-2/h1,10,13,17-19,34,39-40,46,49,67H,9,11-12,14-16,20-24H2,2-7H3,(H,54,61)(H,56,66)/t34-,39-,40?,46?,49-,52-/m1/s1. The highest BCUT2D eigenvalue weighted by atomic mass is 19.1. The lowest BCUT2D eigenvalue weighted by atomic mass is 9.81. The summed E-state index contributed by atoms with van der Waals surface area (Å²) in [6, 6.07) is 6.40. The number of amides is 3. The lowest BCUT2D eigenvalue weighted by Crippen LogP contribution is -2.55. The number of nitrogens with zero attached hydrogens (tertiary/aromatic N) is 3. The predicted octanol–water partition coefficient (Wildman–Crippen LogP) is 3.41. The highest BCUT2D eigenvalue weighted by Gasteiger charge is 2.48. The molecule has 3 amide bonds. The number of terminal acetylenes is 1. The second-order valence-corrected chi connectivity index (χ2v) is 18.4. The van der Waals surface area contributed by atoms with Gasteiger partial charge in [-0.3, -0.25) is 24.0 Å². The maximum atomic E-state index is 15.5. The third kappa shape index (κ3) is 10.7. The van der Waals surface area contributed by atoms with Crippen molar-refractivity contribution in [2.45, 2.75) is 116 Å². The molecule has 8 rings (SSSR count). The number of hydrogen-bond donors (Lipinski definition) is 3. The summed E-state index contributed by atoms with van der Waals surface area (Å²) in [7, 11) is 2.50.